The van der Waals surface area contributed by atoms with Crippen molar-refractivity contribution >= 4 is 66.5 Å². The molecule has 1 amide bonds. The third-order valence-electron chi connectivity index (χ3n) is 3.52. The number of rotatable bonds is 6. The van der Waals surface area contributed by atoms with Crippen molar-refractivity contribution in [1.29, 1.82) is 0 Å². The first-order valence-electron chi connectivity index (χ1n) is 7.62. The maximum Gasteiger partial charge on any atom is 0.244 e. The number of benzene rings is 1. The highest BCUT2D eigenvalue weighted by atomic mass is 35.5. The Kier molecular flexibility index (Phi) is 6.02. The van der Waals surface area contributed by atoms with Gasteiger partial charge < -0.3 is 5.32 Å². The summed E-state index contributed by atoms with van der Waals surface area (Å²) < 4.78 is 26.6. The lowest BCUT2D eigenvalue weighted by molar-refractivity contribution is -0.113. The lowest BCUT2D eigenvalue weighted by Gasteiger charge is -2.14. The molecule has 27 heavy (non-hydrogen) atoms. The van der Waals surface area contributed by atoms with E-state index in [-0.39, 0.29) is 21.6 Å². The Balaban J connectivity index is 1.72. The predicted octanol–water partition coefficient (Wildman–Crippen LogP) is 3.33. The number of aromatic nitrogens is 2. The molecule has 0 spiro atoms. The van der Waals surface area contributed by atoms with Crippen molar-refractivity contribution in [3.8, 4) is 0 Å². The van der Waals surface area contributed by atoms with Crippen LogP contribution in [0.2, 0.25) is 5.02 Å². The summed E-state index contributed by atoms with van der Waals surface area (Å²) in [4.78, 5) is 20.6. The molecule has 11 heteroatoms. The summed E-state index contributed by atoms with van der Waals surface area (Å²) in [5.41, 5.74) is 1.20. The first-order chi connectivity index (χ1) is 12.8. The van der Waals surface area contributed by atoms with Gasteiger partial charge in [0, 0.05) is 19.8 Å². The molecule has 0 atom stereocenters. The van der Waals surface area contributed by atoms with E-state index in [9.17, 15) is 13.2 Å². The maximum absolute atomic E-state index is 12.3. The largest absolute Gasteiger partial charge is 0.325 e. The number of nitrogens with one attached hydrogen (secondary N) is 1. The highest BCUT2D eigenvalue weighted by molar-refractivity contribution is 8.00. The molecule has 0 radical (unpaired) electrons. The van der Waals surface area contributed by atoms with Crippen molar-refractivity contribution in [1.82, 2.24) is 14.3 Å². The van der Waals surface area contributed by atoms with Crippen molar-refractivity contribution in [3.05, 3.63) is 41.0 Å². The molecule has 2 aromatic heterocycles. The molecule has 0 aliphatic carbocycles. The van der Waals surface area contributed by atoms with Gasteiger partial charge in [0.15, 0.2) is 0 Å². The van der Waals surface area contributed by atoms with Crippen LogP contribution in [0.15, 0.2) is 45.9 Å². The van der Waals surface area contributed by atoms with E-state index in [4.69, 9.17) is 11.6 Å². The van der Waals surface area contributed by atoms with Gasteiger partial charge in [-0.2, -0.15) is 0 Å². The quantitative estimate of drug-likeness (QED) is 0.465. The standard InChI is InChI=1S/C16H15ClN4O3S3/c1-21(2)27(23,24)13-7-10(3-4-11(13)17)20-14(22)8-26-16-15-12(5-6-25-15)18-9-19-16/h3-7,9H,8H2,1-2H3,(H,20,22). The molecule has 0 saturated carbocycles. The third-order valence-corrected chi connectivity index (χ3v) is 7.85. The van der Waals surface area contributed by atoms with Crippen LogP contribution < -0.4 is 5.32 Å². The Bertz CT molecular complexity index is 1100. The minimum atomic E-state index is -3.71. The van der Waals surface area contributed by atoms with Gasteiger partial charge in [-0.1, -0.05) is 23.4 Å². The van der Waals surface area contributed by atoms with Gasteiger partial charge in [-0.25, -0.2) is 22.7 Å². The Morgan fingerprint density at radius 2 is 2.07 bits per heavy atom. The van der Waals surface area contributed by atoms with Crippen LogP contribution in [-0.2, 0) is 14.8 Å². The molecule has 0 unspecified atom stereocenters. The average Bonchev–Trinajstić information content (AvgIpc) is 3.10. The van der Waals surface area contributed by atoms with Crippen molar-refractivity contribution in [2.45, 2.75) is 9.92 Å². The van der Waals surface area contributed by atoms with Crippen molar-refractivity contribution < 1.29 is 13.2 Å². The molecule has 0 saturated heterocycles. The van der Waals surface area contributed by atoms with Gasteiger partial charge in [0.1, 0.15) is 16.2 Å². The van der Waals surface area contributed by atoms with Gasteiger partial charge >= 0.3 is 0 Å². The summed E-state index contributed by atoms with van der Waals surface area (Å²) in [5.74, 6) is -0.151. The van der Waals surface area contributed by atoms with E-state index in [1.54, 1.807) is 6.07 Å². The van der Waals surface area contributed by atoms with E-state index in [1.165, 1.54) is 55.7 Å². The number of fused-ring (bicyclic) bond motifs is 1. The van der Waals surface area contributed by atoms with Crippen LogP contribution in [-0.4, -0.2) is 48.4 Å². The second-order valence-corrected chi connectivity index (χ2v) is 9.99. The fourth-order valence-electron chi connectivity index (χ4n) is 2.18. The van der Waals surface area contributed by atoms with Gasteiger partial charge in [0.2, 0.25) is 15.9 Å². The van der Waals surface area contributed by atoms with Crippen molar-refractivity contribution in [3.63, 3.8) is 0 Å². The van der Waals surface area contributed by atoms with Crippen LogP contribution >= 0.6 is 34.7 Å². The molecule has 1 N–H and O–H groups in total. The third kappa shape index (κ3) is 4.41. The fourth-order valence-corrected chi connectivity index (χ4v) is 5.32. The van der Waals surface area contributed by atoms with Gasteiger partial charge in [-0.05, 0) is 29.6 Å². The van der Waals surface area contributed by atoms with Crippen molar-refractivity contribution in [2.24, 2.45) is 0 Å². The van der Waals surface area contributed by atoms with Gasteiger partial charge in [0.05, 0.1) is 21.0 Å². The SMILES string of the molecule is CN(C)S(=O)(=O)c1cc(NC(=O)CSc2ncnc3ccsc23)ccc1Cl. The first-order valence-corrected chi connectivity index (χ1v) is 11.3. The average molecular weight is 443 g/mol. The molecule has 1 aromatic carbocycles. The van der Waals surface area contributed by atoms with E-state index in [0.29, 0.717) is 5.69 Å². The lowest BCUT2D eigenvalue weighted by atomic mass is 10.3. The summed E-state index contributed by atoms with van der Waals surface area (Å²) in [6.45, 7) is 0. The highest BCUT2D eigenvalue weighted by Crippen LogP contribution is 2.29. The molecular weight excluding hydrogens is 428 g/mol. The second kappa shape index (κ2) is 8.11. The zero-order valence-electron chi connectivity index (χ0n) is 14.3. The Morgan fingerprint density at radius 3 is 2.81 bits per heavy atom. The number of thioether (sulfide) groups is 1. The number of sulfonamides is 1. The predicted molar refractivity (Wildman–Crippen MR) is 109 cm³/mol. The molecule has 2 heterocycles. The number of amides is 1. The zero-order valence-corrected chi connectivity index (χ0v) is 17.5. The highest BCUT2D eigenvalue weighted by Gasteiger charge is 2.21. The summed E-state index contributed by atoms with van der Waals surface area (Å²) in [6, 6.07) is 6.25. The number of thiophene rings is 1. The topological polar surface area (TPSA) is 92.3 Å². The molecule has 7 nitrogen and oxygen atoms in total. The zero-order chi connectivity index (χ0) is 19.6. The van der Waals surface area contributed by atoms with Gasteiger partial charge in [-0.15, -0.1) is 11.3 Å². The Hall–Kier alpha value is -1.72. The molecule has 0 bridgehead atoms. The molecule has 142 valence electrons. The number of hydrogen-bond acceptors (Lipinski definition) is 7. The van der Waals surface area contributed by atoms with Crippen LogP contribution in [0, 0.1) is 0 Å². The molecular formula is C16H15ClN4O3S3. The van der Waals surface area contributed by atoms with Crippen LogP contribution in [0.5, 0.6) is 0 Å². The first kappa shape index (κ1) is 20.0. The number of carbonyl (C=O) groups is 1. The second-order valence-electron chi connectivity index (χ2n) is 5.58. The van der Waals surface area contributed by atoms with E-state index < -0.39 is 10.0 Å². The normalized spacial score (nSPS) is 11.9. The molecule has 0 aliphatic heterocycles. The van der Waals surface area contributed by atoms with Crippen LogP contribution in [0.1, 0.15) is 0 Å². The number of hydrogen-bond donors (Lipinski definition) is 1. The Morgan fingerprint density at radius 1 is 1.30 bits per heavy atom. The van der Waals surface area contributed by atoms with E-state index in [1.807, 2.05) is 11.4 Å². The van der Waals surface area contributed by atoms with Crippen LogP contribution in [0.4, 0.5) is 5.69 Å². The smallest absolute Gasteiger partial charge is 0.244 e. The molecule has 0 fully saturated rings. The number of anilines is 1. The summed E-state index contributed by atoms with van der Waals surface area (Å²) in [6.07, 6.45) is 1.47. The minimum Gasteiger partial charge on any atom is -0.325 e. The van der Waals surface area contributed by atoms with E-state index in [0.717, 1.165) is 19.5 Å². The molecule has 3 rings (SSSR count). The monoisotopic (exact) mass is 442 g/mol. The van der Waals surface area contributed by atoms with E-state index in [2.05, 4.69) is 15.3 Å². The van der Waals surface area contributed by atoms with Gasteiger partial charge in [0.25, 0.3) is 0 Å². The molecule has 3 aromatic rings. The number of nitrogens with zero attached hydrogens (tertiary/aromatic N) is 3. The number of carbonyl (C=O) groups excluding carboxylic acids is 1. The Labute approximate surface area is 169 Å². The maximum atomic E-state index is 12.3. The van der Waals surface area contributed by atoms with Crippen molar-refractivity contribution in [2.75, 3.05) is 25.2 Å². The van der Waals surface area contributed by atoms with E-state index >= 15 is 0 Å². The molecule has 0 aliphatic rings. The summed E-state index contributed by atoms with van der Waals surface area (Å²) >= 11 is 8.82. The fraction of sp³-hybridized carbons (Fsp3) is 0.188. The van der Waals surface area contributed by atoms with Gasteiger partial charge in [-0.3, -0.25) is 4.79 Å². The van der Waals surface area contributed by atoms with Crippen LogP contribution in [0.25, 0.3) is 10.2 Å². The summed E-state index contributed by atoms with van der Waals surface area (Å²) in [7, 11) is -0.875. The minimum absolute atomic E-state index is 0.0595. The van der Waals surface area contributed by atoms with Crippen LogP contribution in [0.3, 0.4) is 0 Å². The summed E-state index contributed by atoms with van der Waals surface area (Å²) in [5, 5.41) is 5.44. The number of halogens is 1. The lowest BCUT2D eigenvalue weighted by Crippen LogP contribution is -2.23.